The Balaban J connectivity index is 1.75. The van der Waals surface area contributed by atoms with Crippen LogP contribution < -0.4 is 14.9 Å². The molecular formula is C25H18ClFN4O3. The van der Waals surface area contributed by atoms with E-state index >= 15 is 0 Å². The summed E-state index contributed by atoms with van der Waals surface area (Å²) in [4.78, 5) is 12.2. The van der Waals surface area contributed by atoms with E-state index in [1.165, 1.54) is 18.3 Å². The average Bonchev–Trinajstić information content (AvgIpc) is 2.83. The van der Waals surface area contributed by atoms with Crippen molar-refractivity contribution < 1.29 is 18.7 Å². The zero-order chi connectivity index (χ0) is 24.5. The second-order valence-electron chi connectivity index (χ2n) is 6.83. The lowest BCUT2D eigenvalue weighted by molar-refractivity contribution is 0.0951. The van der Waals surface area contributed by atoms with Gasteiger partial charge in [-0.1, -0.05) is 29.8 Å². The summed E-state index contributed by atoms with van der Waals surface area (Å²) in [7, 11) is 0. The van der Waals surface area contributed by atoms with E-state index in [1.807, 2.05) is 6.07 Å². The van der Waals surface area contributed by atoms with Crippen LogP contribution in [0.2, 0.25) is 5.02 Å². The summed E-state index contributed by atoms with van der Waals surface area (Å²) in [5, 5.41) is 22.1. The second kappa shape index (κ2) is 11.5. The Bertz CT molecular complexity index is 1330. The highest BCUT2D eigenvalue weighted by atomic mass is 35.5. The summed E-state index contributed by atoms with van der Waals surface area (Å²) in [6.45, 7) is 2.26. The lowest BCUT2D eigenvalue weighted by Crippen LogP contribution is -2.19. The van der Waals surface area contributed by atoms with E-state index in [-0.39, 0.29) is 22.8 Å². The topological polar surface area (TPSA) is 108 Å². The van der Waals surface area contributed by atoms with Crippen molar-refractivity contribution in [2.45, 2.75) is 13.5 Å². The number of nitrogens with one attached hydrogen (secondary N) is 1. The molecule has 0 saturated heterocycles. The molecule has 0 aromatic heterocycles. The first-order chi connectivity index (χ1) is 16.5. The predicted molar refractivity (Wildman–Crippen MR) is 124 cm³/mol. The molecule has 0 aliphatic rings. The van der Waals surface area contributed by atoms with Crippen molar-refractivity contribution in [2.75, 3.05) is 6.61 Å². The van der Waals surface area contributed by atoms with Gasteiger partial charge in [0, 0.05) is 5.56 Å². The van der Waals surface area contributed by atoms with Crippen LogP contribution in [0.4, 0.5) is 4.39 Å². The number of ether oxygens (including phenoxy) is 2. The van der Waals surface area contributed by atoms with Crippen molar-refractivity contribution in [1.82, 2.24) is 5.43 Å². The molecular weight excluding hydrogens is 459 g/mol. The monoisotopic (exact) mass is 476 g/mol. The van der Waals surface area contributed by atoms with Crippen LogP contribution in [-0.2, 0) is 6.61 Å². The van der Waals surface area contributed by atoms with Crippen LogP contribution in [-0.4, -0.2) is 18.7 Å². The van der Waals surface area contributed by atoms with Gasteiger partial charge >= 0.3 is 0 Å². The quantitative estimate of drug-likeness (QED) is 0.365. The molecule has 0 heterocycles. The van der Waals surface area contributed by atoms with Gasteiger partial charge in [-0.2, -0.15) is 15.6 Å². The standard InChI is InChI=1S/C25H18ClFN4O3/c1-2-33-23-11-17(14-30-31-25(32)20-8-7-16(12-28)10-22(20)27)9-21(26)24(23)34-15-19-6-4-3-5-18(19)13-29/h3-11,14H,2,15H2,1H3,(H,31,32)/b30-14-. The van der Waals surface area contributed by atoms with E-state index in [9.17, 15) is 14.4 Å². The molecule has 9 heteroatoms. The molecule has 0 aliphatic carbocycles. The number of carbonyl (C=O) groups excluding carboxylic acids is 1. The Kier molecular flexibility index (Phi) is 8.17. The number of nitriles is 2. The van der Waals surface area contributed by atoms with Gasteiger partial charge in [-0.3, -0.25) is 4.79 Å². The fourth-order valence-corrected chi connectivity index (χ4v) is 3.24. The van der Waals surface area contributed by atoms with Gasteiger partial charge in [-0.05, 0) is 48.9 Å². The van der Waals surface area contributed by atoms with Gasteiger partial charge in [0.15, 0.2) is 11.5 Å². The van der Waals surface area contributed by atoms with Crippen molar-refractivity contribution in [3.63, 3.8) is 0 Å². The fraction of sp³-hybridized carbons (Fsp3) is 0.120. The number of hydrogen-bond acceptors (Lipinski definition) is 6. The first-order valence-corrected chi connectivity index (χ1v) is 10.4. The first kappa shape index (κ1) is 24.2. The third-order valence-corrected chi connectivity index (χ3v) is 4.84. The zero-order valence-corrected chi connectivity index (χ0v) is 18.8. The molecule has 34 heavy (non-hydrogen) atoms. The number of rotatable bonds is 8. The summed E-state index contributed by atoms with van der Waals surface area (Å²) in [5.74, 6) is -0.939. The van der Waals surface area contributed by atoms with Crippen molar-refractivity contribution in [3.8, 4) is 23.6 Å². The van der Waals surface area contributed by atoms with Gasteiger partial charge in [0.05, 0.1) is 46.7 Å². The first-order valence-electron chi connectivity index (χ1n) is 10.1. The van der Waals surface area contributed by atoms with Crippen molar-refractivity contribution >= 4 is 23.7 Å². The number of nitrogens with zero attached hydrogens (tertiary/aromatic N) is 3. The van der Waals surface area contributed by atoms with Crippen molar-refractivity contribution in [3.05, 3.63) is 93.3 Å². The molecule has 0 aliphatic heterocycles. The summed E-state index contributed by atoms with van der Waals surface area (Å²) >= 11 is 6.40. The Hall–Kier alpha value is -4.40. The molecule has 0 unspecified atom stereocenters. The highest BCUT2D eigenvalue weighted by Gasteiger charge is 2.14. The Morgan fingerprint density at radius 2 is 1.94 bits per heavy atom. The maximum atomic E-state index is 14.0. The summed E-state index contributed by atoms with van der Waals surface area (Å²) in [6.07, 6.45) is 1.32. The fourth-order valence-electron chi connectivity index (χ4n) is 2.97. The maximum Gasteiger partial charge on any atom is 0.274 e. The molecule has 0 spiro atoms. The number of carbonyl (C=O) groups is 1. The summed E-state index contributed by atoms with van der Waals surface area (Å²) < 4.78 is 25.5. The lowest BCUT2D eigenvalue weighted by Gasteiger charge is -2.15. The minimum Gasteiger partial charge on any atom is -0.490 e. The third kappa shape index (κ3) is 5.89. The van der Waals surface area contributed by atoms with Crippen LogP contribution in [0.25, 0.3) is 0 Å². The summed E-state index contributed by atoms with van der Waals surface area (Å²) in [5.41, 5.74) is 3.79. The molecule has 3 aromatic rings. The van der Waals surface area contributed by atoms with E-state index in [0.29, 0.717) is 34.8 Å². The molecule has 0 saturated carbocycles. The molecule has 170 valence electrons. The lowest BCUT2D eigenvalue weighted by atomic mass is 10.1. The highest BCUT2D eigenvalue weighted by Crippen LogP contribution is 2.37. The second-order valence-corrected chi connectivity index (χ2v) is 7.23. The van der Waals surface area contributed by atoms with Gasteiger partial charge in [0.2, 0.25) is 0 Å². The van der Waals surface area contributed by atoms with E-state index in [0.717, 1.165) is 6.07 Å². The number of amides is 1. The van der Waals surface area contributed by atoms with Crippen LogP contribution in [0.5, 0.6) is 11.5 Å². The van der Waals surface area contributed by atoms with E-state index < -0.39 is 11.7 Å². The van der Waals surface area contributed by atoms with Gasteiger partial charge in [0.25, 0.3) is 5.91 Å². The minimum absolute atomic E-state index is 0.106. The van der Waals surface area contributed by atoms with Crippen LogP contribution in [0, 0.1) is 28.5 Å². The van der Waals surface area contributed by atoms with Crippen LogP contribution in [0.1, 0.15) is 39.5 Å². The number of hydrogen-bond donors (Lipinski definition) is 1. The summed E-state index contributed by atoms with van der Waals surface area (Å²) in [6, 6.07) is 17.7. The molecule has 3 aromatic carbocycles. The van der Waals surface area contributed by atoms with E-state index in [1.54, 1.807) is 43.3 Å². The smallest absolute Gasteiger partial charge is 0.274 e. The largest absolute Gasteiger partial charge is 0.490 e. The Labute approximate surface area is 200 Å². The van der Waals surface area contributed by atoms with Crippen molar-refractivity contribution in [1.29, 1.82) is 10.5 Å². The predicted octanol–water partition coefficient (Wildman–Crippen LogP) is 4.96. The van der Waals surface area contributed by atoms with Gasteiger partial charge in [-0.15, -0.1) is 0 Å². The molecule has 1 N–H and O–H groups in total. The SMILES string of the molecule is CCOc1cc(/C=N\NC(=O)c2ccc(C#N)cc2F)cc(Cl)c1OCc1ccccc1C#N. The number of halogens is 2. The molecule has 7 nitrogen and oxygen atoms in total. The number of benzene rings is 3. The van der Waals surface area contributed by atoms with Crippen LogP contribution in [0.15, 0.2) is 59.7 Å². The minimum atomic E-state index is -0.826. The molecule has 0 radical (unpaired) electrons. The van der Waals surface area contributed by atoms with Gasteiger partial charge in [0.1, 0.15) is 12.4 Å². The highest BCUT2D eigenvalue weighted by molar-refractivity contribution is 6.32. The molecule has 1 amide bonds. The van der Waals surface area contributed by atoms with E-state index in [2.05, 4.69) is 16.6 Å². The molecule has 0 bridgehead atoms. The van der Waals surface area contributed by atoms with E-state index in [4.69, 9.17) is 26.3 Å². The molecule has 0 atom stereocenters. The Morgan fingerprint density at radius 1 is 1.15 bits per heavy atom. The maximum absolute atomic E-state index is 14.0. The number of hydrazone groups is 1. The van der Waals surface area contributed by atoms with Crippen LogP contribution in [0.3, 0.4) is 0 Å². The van der Waals surface area contributed by atoms with Gasteiger partial charge < -0.3 is 9.47 Å². The normalized spacial score (nSPS) is 10.4. The molecule has 3 rings (SSSR count). The zero-order valence-electron chi connectivity index (χ0n) is 18.0. The van der Waals surface area contributed by atoms with Crippen LogP contribution >= 0.6 is 11.6 Å². The molecule has 0 fully saturated rings. The third-order valence-electron chi connectivity index (χ3n) is 4.56. The Morgan fingerprint density at radius 3 is 2.65 bits per heavy atom. The van der Waals surface area contributed by atoms with Crippen molar-refractivity contribution in [2.24, 2.45) is 5.10 Å². The van der Waals surface area contributed by atoms with Gasteiger partial charge in [-0.25, -0.2) is 9.82 Å². The average molecular weight is 477 g/mol.